The lowest BCUT2D eigenvalue weighted by Crippen LogP contribution is -2.67. The topological polar surface area (TPSA) is 153 Å². The van der Waals surface area contributed by atoms with Gasteiger partial charge in [-0.3, -0.25) is 24.0 Å². The van der Waals surface area contributed by atoms with E-state index in [1.165, 1.54) is 12.1 Å². The summed E-state index contributed by atoms with van der Waals surface area (Å²) in [5, 5.41) is 2.65. The number of carbonyl (C=O) groups is 5. The summed E-state index contributed by atoms with van der Waals surface area (Å²) in [4.78, 5) is 60.4. The van der Waals surface area contributed by atoms with Gasteiger partial charge in [0.15, 0.2) is 12.2 Å². The van der Waals surface area contributed by atoms with Crippen molar-refractivity contribution in [3.63, 3.8) is 0 Å². The van der Waals surface area contributed by atoms with E-state index >= 15 is 0 Å². The zero-order valence-corrected chi connectivity index (χ0v) is 22.5. The van der Waals surface area contributed by atoms with E-state index in [0.29, 0.717) is 12.4 Å². The third-order valence-electron chi connectivity index (χ3n) is 5.65. The molecule has 1 aliphatic rings. The van der Waals surface area contributed by atoms with Crippen molar-refractivity contribution in [2.24, 2.45) is 0 Å². The molecular weight excluding hydrogens is 526 g/mol. The van der Waals surface area contributed by atoms with Crippen molar-refractivity contribution in [3.8, 4) is 5.75 Å². The molecule has 0 spiro atoms. The van der Waals surface area contributed by atoms with Gasteiger partial charge in [-0.15, -0.1) is 0 Å². The molecule has 0 aliphatic carbocycles. The second-order valence-corrected chi connectivity index (χ2v) is 8.90. The Hall–Kier alpha value is -4.45. The number of esters is 4. The number of ether oxygens (including phenoxy) is 6. The van der Waals surface area contributed by atoms with Crippen LogP contribution >= 0.6 is 0 Å². The molecule has 1 saturated heterocycles. The highest BCUT2D eigenvalue weighted by Gasteiger charge is 2.52. The molecule has 1 amide bonds. The molecule has 1 aliphatic heterocycles. The number of amides is 1. The van der Waals surface area contributed by atoms with Gasteiger partial charge in [-0.1, -0.05) is 30.3 Å². The number of hydrogen-bond acceptors (Lipinski definition) is 11. The zero-order chi connectivity index (χ0) is 29.2. The zero-order valence-electron chi connectivity index (χ0n) is 22.5. The van der Waals surface area contributed by atoms with Crippen LogP contribution in [0.3, 0.4) is 0 Å². The van der Waals surface area contributed by atoms with Crippen LogP contribution < -0.4 is 10.1 Å². The van der Waals surface area contributed by atoms with Crippen molar-refractivity contribution in [3.05, 3.63) is 65.7 Å². The van der Waals surface area contributed by atoms with Crippen LogP contribution in [0.25, 0.3) is 0 Å². The number of benzene rings is 2. The summed E-state index contributed by atoms with van der Waals surface area (Å²) in [6.07, 6.45) is -5.34. The summed E-state index contributed by atoms with van der Waals surface area (Å²) in [6.45, 7) is 4.46. The largest absolute Gasteiger partial charge is 0.489 e. The van der Waals surface area contributed by atoms with Crippen molar-refractivity contribution >= 4 is 29.8 Å². The van der Waals surface area contributed by atoms with E-state index in [-0.39, 0.29) is 5.56 Å². The first-order valence-electron chi connectivity index (χ1n) is 12.4. The lowest BCUT2D eigenvalue weighted by atomic mass is 9.95. The summed E-state index contributed by atoms with van der Waals surface area (Å²) in [7, 11) is 0. The minimum atomic E-state index is -1.48. The van der Waals surface area contributed by atoms with Crippen molar-refractivity contribution in [1.82, 2.24) is 5.32 Å². The Kier molecular flexibility index (Phi) is 10.6. The van der Waals surface area contributed by atoms with Gasteiger partial charge in [0.05, 0.1) is 0 Å². The third-order valence-corrected chi connectivity index (χ3v) is 5.65. The Labute approximate surface area is 230 Å². The molecular formula is C28H31NO11. The maximum Gasteiger partial charge on any atom is 0.305 e. The number of rotatable bonds is 10. The molecule has 0 bridgehead atoms. The summed E-state index contributed by atoms with van der Waals surface area (Å²) < 4.78 is 32.6. The Morgan fingerprint density at radius 1 is 0.750 bits per heavy atom. The maximum absolute atomic E-state index is 13.2. The molecule has 1 heterocycles. The predicted octanol–water partition coefficient (Wildman–Crippen LogP) is 2.08. The monoisotopic (exact) mass is 557 g/mol. The highest BCUT2D eigenvalue weighted by Crippen LogP contribution is 2.28. The number of carbonyl (C=O) groups excluding carboxylic acids is 5. The van der Waals surface area contributed by atoms with E-state index in [1.54, 1.807) is 12.1 Å². The molecule has 12 heteroatoms. The van der Waals surface area contributed by atoms with E-state index in [0.717, 1.165) is 33.3 Å². The first kappa shape index (κ1) is 30.1. The fourth-order valence-electron chi connectivity index (χ4n) is 4.00. The van der Waals surface area contributed by atoms with Gasteiger partial charge in [0.1, 0.15) is 31.1 Å². The van der Waals surface area contributed by atoms with Crippen molar-refractivity contribution < 1.29 is 52.4 Å². The van der Waals surface area contributed by atoms with Gasteiger partial charge >= 0.3 is 23.9 Å². The Morgan fingerprint density at radius 3 is 1.93 bits per heavy atom. The predicted molar refractivity (Wildman–Crippen MR) is 137 cm³/mol. The van der Waals surface area contributed by atoms with E-state index in [2.05, 4.69) is 5.32 Å². The van der Waals surface area contributed by atoms with E-state index in [9.17, 15) is 24.0 Å². The van der Waals surface area contributed by atoms with E-state index in [4.69, 9.17) is 28.4 Å². The number of hydrogen-bond donors (Lipinski definition) is 1. The summed E-state index contributed by atoms with van der Waals surface area (Å²) in [6, 6.07) is 14.5. The van der Waals surface area contributed by atoms with Gasteiger partial charge in [0, 0.05) is 33.3 Å². The minimum Gasteiger partial charge on any atom is -0.489 e. The van der Waals surface area contributed by atoms with Crippen LogP contribution in [0.2, 0.25) is 0 Å². The van der Waals surface area contributed by atoms with Gasteiger partial charge in [-0.05, 0) is 29.8 Å². The highest BCUT2D eigenvalue weighted by molar-refractivity contribution is 5.94. The Morgan fingerprint density at radius 2 is 1.35 bits per heavy atom. The standard InChI is InChI=1S/C28H31NO11/c1-16(30)35-15-23-25(37-17(2)31)26(38-18(3)32)24(28(40-23)39-19(4)33)29-27(34)21-10-12-22(13-11-21)36-14-20-8-6-5-7-9-20/h5-13,23-26,28H,14-15H2,1-4H3,(H,29,34)/t23-,24-,25-,26+,28+/m1/s1. The SMILES string of the molecule is CC(=O)OC[C@H]1O[C@H](OC(C)=O)[C@H](NC(=O)c2ccc(OCc3ccccc3)cc2)[C@H](OC(C)=O)[C@@H]1OC(C)=O. The molecule has 1 fully saturated rings. The van der Waals surface area contributed by atoms with Gasteiger partial charge < -0.3 is 33.7 Å². The van der Waals surface area contributed by atoms with Crippen molar-refractivity contribution in [2.45, 2.75) is 64.9 Å². The molecule has 0 saturated carbocycles. The van der Waals surface area contributed by atoms with Gasteiger partial charge in [0.2, 0.25) is 6.29 Å². The van der Waals surface area contributed by atoms with E-state index < -0.39 is 67.0 Å². The van der Waals surface area contributed by atoms with Crippen molar-refractivity contribution in [2.75, 3.05) is 6.61 Å². The average Bonchev–Trinajstić information content (AvgIpc) is 2.89. The molecule has 0 aromatic heterocycles. The molecule has 2 aromatic carbocycles. The van der Waals surface area contributed by atoms with Crippen LogP contribution in [0.15, 0.2) is 54.6 Å². The second-order valence-electron chi connectivity index (χ2n) is 8.90. The first-order valence-corrected chi connectivity index (χ1v) is 12.4. The van der Waals surface area contributed by atoms with Gasteiger partial charge in [-0.25, -0.2) is 0 Å². The molecule has 3 rings (SSSR count). The average molecular weight is 558 g/mol. The second kappa shape index (κ2) is 14.1. The summed E-state index contributed by atoms with van der Waals surface area (Å²) >= 11 is 0. The highest BCUT2D eigenvalue weighted by atomic mass is 16.7. The quantitative estimate of drug-likeness (QED) is 0.337. The van der Waals surface area contributed by atoms with E-state index in [1.807, 2.05) is 30.3 Å². The van der Waals surface area contributed by atoms with Crippen LogP contribution in [0.1, 0.15) is 43.6 Å². The molecule has 0 unspecified atom stereocenters. The molecule has 1 N–H and O–H groups in total. The lowest BCUT2D eigenvalue weighted by Gasteiger charge is -2.44. The Balaban J connectivity index is 1.83. The molecule has 0 radical (unpaired) electrons. The molecule has 12 nitrogen and oxygen atoms in total. The maximum atomic E-state index is 13.2. The molecule has 2 aromatic rings. The minimum absolute atomic E-state index is 0.210. The summed E-state index contributed by atoms with van der Waals surface area (Å²) in [5.74, 6) is -3.03. The van der Waals surface area contributed by atoms with Crippen LogP contribution in [0.4, 0.5) is 0 Å². The van der Waals surface area contributed by atoms with Crippen molar-refractivity contribution in [1.29, 1.82) is 0 Å². The lowest BCUT2D eigenvalue weighted by molar-refractivity contribution is -0.270. The normalized spacial score (nSPS) is 21.9. The fourth-order valence-corrected chi connectivity index (χ4v) is 4.00. The van der Waals surface area contributed by atoms with Crippen LogP contribution in [0.5, 0.6) is 5.75 Å². The van der Waals surface area contributed by atoms with Crippen LogP contribution in [-0.2, 0) is 49.5 Å². The summed E-state index contributed by atoms with van der Waals surface area (Å²) in [5.41, 5.74) is 1.19. The molecule has 214 valence electrons. The Bertz CT molecular complexity index is 1200. The van der Waals surface area contributed by atoms with Gasteiger partial charge in [-0.2, -0.15) is 0 Å². The number of nitrogens with one attached hydrogen (secondary N) is 1. The third kappa shape index (κ3) is 8.80. The van der Waals surface area contributed by atoms with Crippen LogP contribution in [0, 0.1) is 0 Å². The van der Waals surface area contributed by atoms with Crippen LogP contribution in [-0.4, -0.2) is 67.0 Å². The molecule has 5 atom stereocenters. The molecule has 40 heavy (non-hydrogen) atoms. The smallest absolute Gasteiger partial charge is 0.305 e. The first-order chi connectivity index (χ1) is 19.0. The van der Waals surface area contributed by atoms with Gasteiger partial charge in [0.25, 0.3) is 5.91 Å². The fraction of sp³-hybridized carbons (Fsp3) is 0.393.